The molecular weight excluding hydrogens is 292 g/mol. The van der Waals surface area contributed by atoms with E-state index < -0.39 is 0 Å². The quantitative estimate of drug-likeness (QED) is 0.574. The zero-order chi connectivity index (χ0) is 16.8. The molecule has 0 saturated heterocycles. The maximum Gasteiger partial charge on any atom is 0.330 e. The highest BCUT2D eigenvalue weighted by Gasteiger charge is 2.53. The Bertz CT molecular complexity index is 456. The summed E-state index contributed by atoms with van der Waals surface area (Å²) in [5, 5.41) is 0. The lowest BCUT2D eigenvalue weighted by atomic mass is 9.76. The molecule has 0 amide bonds. The first-order valence-electron chi connectivity index (χ1n) is 8.69. The van der Waals surface area contributed by atoms with E-state index in [9.17, 15) is 9.59 Å². The zero-order valence-electron chi connectivity index (χ0n) is 14.0. The molecule has 0 aromatic heterocycles. The first-order valence-corrected chi connectivity index (χ1v) is 8.69. The van der Waals surface area contributed by atoms with Gasteiger partial charge in [-0.3, -0.25) is 0 Å². The molecule has 3 rings (SSSR count). The average Bonchev–Trinajstić information content (AvgIpc) is 3.25. The first-order chi connectivity index (χ1) is 11.1. The van der Waals surface area contributed by atoms with Crippen molar-refractivity contribution >= 4 is 11.9 Å². The Morgan fingerprint density at radius 2 is 1.65 bits per heavy atom. The van der Waals surface area contributed by atoms with E-state index in [1.807, 2.05) is 0 Å². The van der Waals surface area contributed by atoms with Gasteiger partial charge in [-0.25, -0.2) is 9.59 Å². The number of carbonyl (C=O) groups is 2. The number of rotatable bonds is 5. The summed E-state index contributed by atoms with van der Waals surface area (Å²) >= 11 is 0. The van der Waals surface area contributed by atoms with Crippen molar-refractivity contribution < 1.29 is 19.1 Å². The van der Waals surface area contributed by atoms with Gasteiger partial charge in [0, 0.05) is 12.2 Å². The van der Waals surface area contributed by atoms with E-state index in [1.54, 1.807) is 6.92 Å². The van der Waals surface area contributed by atoms with Gasteiger partial charge < -0.3 is 9.47 Å². The van der Waals surface area contributed by atoms with Crippen molar-refractivity contribution in [3.8, 4) is 0 Å². The van der Waals surface area contributed by atoms with Crippen LogP contribution < -0.4 is 0 Å². The normalized spacial score (nSPS) is 33.2. The molecular formula is C19H28O4. The lowest BCUT2D eigenvalue weighted by Crippen LogP contribution is -2.28. The molecule has 0 aromatic carbocycles. The zero-order valence-corrected chi connectivity index (χ0v) is 14.0. The minimum Gasteiger partial charge on any atom is -0.463 e. The van der Waals surface area contributed by atoms with Crippen molar-refractivity contribution in [1.82, 2.24) is 0 Å². The molecule has 3 saturated carbocycles. The Balaban J connectivity index is 0.000000236. The first kappa shape index (κ1) is 17.8. The van der Waals surface area contributed by atoms with E-state index in [2.05, 4.69) is 17.9 Å². The standard InChI is InChI=1S/C14H20O2.C5H8O2/c1-2-14(15)16-8-10-6-9-7-13(10)12-5-3-4-11(9)12;1-3-5(6)7-4-2/h2,9-13H,1,3-8H2;3H,1,4H2,2H3. The molecule has 3 fully saturated rings. The molecule has 2 bridgehead atoms. The average molecular weight is 320 g/mol. The van der Waals surface area contributed by atoms with Crippen LogP contribution in [-0.4, -0.2) is 25.2 Å². The van der Waals surface area contributed by atoms with Crippen LogP contribution in [0.4, 0.5) is 0 Å². The van der Waals surface area contributed by atoms with Crippen LogP contribution in [-0.2, 0) is 19.1 Å². The number of ether oxygens (including phenoxy) is 2. The molecule has 4 heteroatoms. The van der Waals surface area contributed by atoms with E-state index in [0.29, 0.717) is 19.1 Å². The van der Waals surface area contributed by atoms with Crippen molar-refractivity contribution in [3.05, 3.63) is 25.3 Å². The van der Waals surface area contributed by atoms with Gasteiger partial charge in [0.05, 0.1) is 13.2 Å². The minimum absolute atomic E-state index is 0.259. The minimum atomic E-state index is -0.359. The van der Waals surface area contributed by atoms with Gasteiger partial charge in [0.25, 0.3) is 0 Å². The second-order valence-corrected chi connectivity index (χ2v) is 6.70. The topological polar surface area (TPSA) is 52.6 Å². The molecule has 128 valence electrons. The monoisotopic (exact) mass is 320 g/mol. The fourth-order valence-electron chi connectivity index (χ4n) is 4.85. The van der Waals surface area contributed by atoms with Crippen LogP contribution in [0.15, 0.2) is 25.3 Å². The highest BCUT2D eigenvalue weighted by molar-refractivity contribution is 5.81. The van der Waals surface area contributed by atoms with Crippen molar-refractivity contribution in [3.63, 3.8) is 0 Å². The van der Waals surface area contributed by atoms with Crippen molar-refractivity contribution in [2.45, 2.75) is 39.0 Å². The summed E-state index contributed by atoms with van der Waals surface area (Å²) in [6.45, 7) is 9.44. The van der Waals surface area contributed by atoms with E-state index in [-0.39, 0.29) is 11.9 Å². The summed E-state index contributed by atoms with van der Waals surface area (Å²) in [4.78, 5) is 21.1. The third-order valence-corrected chi connectivity index (χ3v) is 5.63. The summed E-state index contributed by atoms with van der Waals surface area (Å²) in [7, 11) is 0. The molecule has 0 radical (unpaired) electrons. The van der Waals surface area contributed by atoms with Crippen LogP contribution in [0.1, 0.15) is 39.0 Å². The van der Waals surface area contributed by atoms with Crippen molar-refractivity contribution in [2.24, 2.45) is 29.6 Å². The van der Waals surface area contributed by atoms with Gasteiger partial charge in [-0.05, 0) is 62.2 Å². The highest BCUT2D eigenvalue weighted by Crippen LogP contribution is 2.60. The molecule has 3 aliphatic rings. The maximum absolute atomic E-state index is 11.1. The fraction of sp³-hybridized carbons (Fsp3) is 0.684. The summed E-state index contributed by atoms with van der Waals surface area (Å²) in [5.41, 5.74) is 0. The second-order valence-electron chi connectivity index (χ2n) is 6.70. The lowest BCUT2D eigenvalue weighted by Gasteiger charge is -2.31. The summed E-state index contributed by atoms with van der Waals surface area (Å²) in [6, 6.07) is 0. The van der Waals surface area contributed by atoms with Crippen LogP contribution in [0.25, 0.3) is 0 Å². The van der Waals surface area contributed by atoms with Crippen LogP contribution in [0.5, 0.6) is 0 Å². The maximum atomic E-state index is 11.1. The molecule has 0 N–H and O–H groups in total. The van der Waals surface area contributed by atoms with Gasteiger partial charge >= 0.3 is 11.9 Å². The van der Waals surface area contributed by atoms with Crippen LogP contribution in [0.3, 0.4) is 0 Å². The van der Waals surface area contributed by atoms with E-state index in [4.69, 9.17) is 4.74 Å². The lowest BCUT2D eigenvalue weighted by molar-refractivity contribution is -0.140. The summed E-state index contributed by atoms with van der Waals surface area (Å²) in [5.74, 6) is 3.82. The van der Waals surface area contributed by atoms with Crippen molar-refractivity contribution in [2.75, 3.05) is 13.2 Å². The Kier molecular flexibility index (Phi) is 6.43. The van der Waals surface area contributed by atoms with Crippen LogP contribution in [0.2, 0.25) is 0 Å². The number of esters is 2. The third-order valence-electron chi connectivity index (χ3n) is 5.63. The molecule has 4 nitrogen and oxygen atoms in total. The van der Waals surface area contributed by atoms with Gasteiger partial charge in [-0.2, -0.15) is 0 Å². The molecule has 23 heavy (non-hydrogen) atoms. The van der Waals surface area contributed by atoms with Gasteiger partial charge in [-0.15, -0.1) is 0 Å². The molecule has 5 unspecified atom stereocenters. The molecule has 3 aliphatic carbocycles. The Labute approximate surface area is 138 Å². The van der Waals surface area contributed by atoms with Gasteiger partial charge in [0.15, 0.2) is 0 Å². The van der Waals surface area contributed by atoms with Crippen LogP contribution in [0, 0.1) is 29.6 Å². The summed E-state index contributed by atoms with van der Waals surface area (Å²) in [6.07, 6.45) is 9.45. The molecule has 5 atom stereocenters. The number of hydrogen-bond acceptors (Lipinski definition) is 4. The summed E-state index contributed by atoms with van der Waals surface area (Å²) < 4.78 is 9.65. The van der Waals surface area contributed by atoms with E-state index in [1.165, 1.54) is 38.2 Å². The Morgan fingerprint density at radius 3 is 2.26 bits per heavy atom. The SMILES string of the molecule is C=CC(=O)OCC.C=CC(=O)OCC1CC2CC1C1CCCC21. The second kappa shape index (κ2) is 8.32. The largest absolute Gasteiger partial charge is 0.463 e. The fourth-order valence-corrected chi connectivity index (χ4v) is 4.85. The number of carbonyl (C=O) groups excluding carboxylic acids is 2. The molecule has 0 aliphatic heterocycles. The number of hydrogen-bond donors (Lipinski definition) is 0. The van der Waals surface area contributed by atoms with E-state index in [0.717, 1.165) is 29.7 Å². The predicted octanol–water partition coefficient (Wildman–Crippen LogP) is 3.52. The number of fused-ring (bicyclic) bond motifs is 5. The Hall–Kier alpha value is -1.58. The highest BCUT2D eigenvalue weighted by atomic mass is 16.5. The Morgan fingerprint density at radius 1 is 1.00 bits per heavy atom. The smallest absolute Gasteiger partial charge is 0.330 e. The van der Waals surface area contributed by atoms with Gasteiger partial charge in [0.1, 0.15) is 0 Å². The van der Waals surface area contributed by atoms with Crippen LogP contribution >= 0.6 is 0 Å². The van der Waals surface area contributed by atoms with Gasteiger partial charge in [0.2, 0.25) is 0 Å². The third kappa shape index (κ3) is 4.24. The molecule has 0 heterocycles. The van der Waals surface area contributed by atoms with E-state index >= 15 is 0 Å². The predicted molar refractivity (Wildman–Crippen MR) is 88.5 cm³/mol. The molecule has 0 spiro atoms. The van der Waals surface area contributed by atoms with Crippen molar-refractivity contribution in [1.29, 1.82) is 0 Å². The molecule has 0 aromatic rings. The van der Waals surface area contributed by atoms with Gasteiger partial charge in [-0.1, -0.05) is 19.6 Å².